The maximum absolute atomic E-state index is 10.2. The summed E-state index contributed by atoms with van der Waals surface area (Å²) in [6.45, 7) is 6.54. The van der Waals surface area contributed by atoms with E-state index in [9.17, 15) is 5.11 Å². The van der Waals surface area contributed by atoms with Crippen LogP contribution in [-0.2, 0) is 9.47 Å². The van der Waals surface area contributed by atoms with Gasteiger partial charge in [0.15, 0.2) is 5.79 Å². The van der Waals surface area contributed by atoms with Gasteiger partial charge in [-0.05, 0) is 56.9 Å². The monoisotopic (exact) mass is 323 g/mol. The molecule has 3 saturated carbocycles. The second kappa shape index (κ2) is 5.42. The summed E-state index contributed by atoms with van der Waals surface area (Å²) in [5.41, 5.74) is 0.166. The standard InChI is InChI=1S/C19H33NO3/c1-17(12-21)14-6-8-18(2)15(13(14)4-5-16(17)20-3)7-9-19(18)22-10-11-23-19/h13-16,20-21H,4-12H2,1-3H3/t13-,14+,15+,16?,17-,18+/m1/s1. The van der Waals surface area contributed by atoms with E-state index < -0.39 is 0 Å². The molecule has 6 atom stereocenters. The topological polar surface area (TPSA) is 50.7 Å². The summed E-state index contributed by atoms with van der Waals surface area (Å²) in [7, 11) is 2.05. The van der Waals surface area contributed by atoms with Crippen LogP contribution in [-0.4, -0.2) is 43.8 Å². The van der Waals surface area contributed by atoms with Gasteiger partial charge in [0.25, 0.3) is 0 Å². The molecule has 0 aromatic heterocycles. The third-order valence-corrected chi connectivity index (χ3v) is 8.36. The minimum atomic E-state index is -0.307. The summed E-state index contributed by atoms with van der Waals surface area (Å²) in [4.78, 5) is 0. The highest BCUT2D eigenvalue weighted by atomic mass is 16.7. The average molecular weight is 323 g/mol. The molecule has 1 unspecified atom stereocenters. The number of aliphatic hydroxyl groups is 1. The van der Waals surface area contributed by atoms with Crippen molar-refractivity contribution in [1.29, 1.82) is 0 Å². The Morgan fingerprint density at radius 3 is 2.35 bits per heavy atom. The van der Waals surface area contributed by atoms with E-state index in [0.29, 0.717) is 30.4 Å². The fourth-order valence-electron chi connectivity index (χ4n) is 7.04. The lowest BCUT2D eigenvalue weighted by Gasteiger charge is -2.59. The molecule has 4 nitrogen and oxygen atoms in total. The van der Waals surface area contributed by atoms with Crippen molar-refractivity contribution in [2.24, 2.45) is 28.6 Å². The summed E-state index contributed by atoms with van der Waals surface area (Å²) in [5, 5.41) is 13.7. The number of aliphatic hydroxyl groups excluding tert-OH is 1. The Morgan fingerprint density at radius 2 is 1.70 bits per heavy atom. The van der Waals surface area contributed by atoms with Gasteiger partial charge in [-0.1, -0.05) is 13.8 Å². The van der Waals surface area contributed by atoms with Crippen molar-refractivity contribution < 1.29 is 14.6 Å². The van der Waals surface area contributed by atoms with Gasteiger partial charge in [-0.15, -0.1) is 0 Å². The van der Waals surface area contributed by atoms with E-state index in [4.69, 9.17) is 9.47 Å². The Kier molecular flexibility index (Phi) is 3.84. The third kappa shape index (κ3) is 1.98. The second-order valence-corrected chi connectivity index (χ2v) is 8.90. The lowest BCUT2D eigenvalue weighted by Crippen LogP contribution is -2.60. The van der Waals surface area contributed by atoms with Crippen molar-refractivity contribution in [2.45, 2.75) is 64.2 Å². The van der Waals surface area contributed by atoms with Crippen molar-refractivity contribution in [2.75, 3.05) is 26.9 Å². The molecule has 1 saturated heterocycles. The molecule has 2 N–H and O–H groups in total. The molecule has 3 aliphatic carbocycles. The zero-order valence-corrected chi connectivity index (χ0v) is 14.9. The Bertz CT molecular complexity index is 464. The predicted molar refractivity (Wildman–Crippen MR) is 89.0 cm³/mol. The molecule has 0 amide bonds. The molecule has 1 heterocycles. The van der Waals surface area contributed by atoms with Crippen molar-refractivity contribution in [3.05, 3.63) is 0 Å². The van der Waals surface area contributed by atoms with Gasteiger partial charge in [-0.25, -0.2) is 0 Å². The van der Waals surface area contributed by atoms with Gasteiger partial charge in [0.2, 0.25) is 0 Å². The molecular weight excluding hydrogens is 290 g/mol. The van der Waals surface area contributed by atoms with Crippen LogP contribution in [0, 0.1) is 28.6 Å². The molecule has 132 valence electrons. The van der Waals surface area contributed by atoms with Gasteiger partial charge in [0, 0.05) is 23.3 Å². The first-order chi connectivity index (χ1) is 11.0. The van der Waals surface area contributed by atoms with Crippen molar-refractivity contribution in [3.8, 4) is 0 Å². The van der Waals surface area contributed by atoms with Crippen molar-refractivity contribution >= 4 is 0 Å². The van der Waals surface area contributed by atoms with Crippen LogP contribution in [0.5, 0.6) is 0 Å². The molecule has 4 fully saturated rings. The molecule has 4 rings (SSSR count). The molecule has 23 heavy (non-hydrogen) atoms. The number of nitrogens with one attached hydrogen (secondary N) is 1. The van der Waals surface area contributed by atoms with Gasteiger partial charge < -0.3 is 19.9 Å². The van der Waals surface area contributed by atoms with E-state index in [1.807, 2.05) is 0 Å². The van der Waals surface area contributed by atoms with Crippen molar-refractivity contribution in [1.82, 2.24) is 5.32 Å². The highest BCUT2D eigenvalue weighted by Crippen LogP contribution is 2.67. The van der Waals surface area contributed by atoms with Gasteiger partial charge in [0.1, 0.15) is 0 Å². The highest BCUT2D eigenvalue weighted by Gasteiger charge is 2.66. The molecule has 1 aliphatic heterocycles. The maximum atomic E-state index is 10.2. The molecule has 0 radical (unpaired) electrons. The van der Waals surface area contributed by atoms with Crippen LogP contribution in [0.25, 0.3) is 0 Å². The van der Waals surface area contributed by atoms with Crippen LogP contribution < -0.4 is 5.32 Å². The zero-order chi connectivity index (χ0) is 16.3. The van der Waals surface area contributed by atoms with E-state index >= 15 is 0 Å². The molecule has 0 aromatic rings. The van der Waals surface area contributed by atoms with E-state index in [1.54, 1.807) is 0 Å². The summed E-state index contributed by atoms with van der Waals surface area (Å²) in [6.07, 6.45) is 7.11. The van der Waals surface area contributed by atoms with E-state index in [2.05, 4.69) is 26.2 Å². The Balaban J connectivity index is 1.65. The molecule has 4 aliphatic rings. The number of hydrogen-bond donors (Lipinski definition) is 2. The fraction of sp³-hybridized carbons (Fsp3) is 1.00. The number of hydrogen-bond acceptors (Lipinski definition) is 4. The molecular formula is C19H33NO3. The summed E-state index contributed by atoms with van der Waals surface area (Å²) in [5.74, 6) is 1.71. The van der Waals surface area contributed by atoms with Gasteiger partial charge >= 0.3 is 0 Å². The molecule has 1 spiro atoms. The predicted octanol–water partition coefficient (Wildman–Crippen LogP) is 2.55. The van der Waals surface area contributed by atoms with Crippen LogP contribution in [0.3, 0.4) is 0 Å². The second-order valence-electron chi connectivity index (χ2n) is 8.90. The summed E-state index contributed by atoms with van der Waals surface area (Å²) >= 11 is 0. The van der Waals surface area contributed by atoms with Crippen LogP contribution in [0.1, 0.15) is 52.4 Å². The third-order valence-electron chi connectivity index (χ3n) is 8.36. The quantitative estimate of drug-likeness (QED) is 0.820. The first-order valence-corrected chi connectivity index (χ1v) is 9.57. The van der Waals surface area contributed by atoms with Crippen molar-refractivity contribution in [3.63, 3.8) is 0 Å². The minimum absolute atomic E-state index is 0.00609. The first kappa shape index (κ1) is 16.3. The van der Waals surface area contributed by atoms with Gasteiger partial charge in [-0.3, -0.25) is 0 Å². The lowest BCUT2D eigenvalue weighted by atomic mass is 9.48. The Morgan fingerprint density at radius 1 is 1.00 bits per heavy atom. The largest absolute Gasteiger partial charge is 0.396 e. The number of ether oxygens (including phenoxy) is 2. The van der Waals surface area contributed by atoms with Crippen LogP contribution in [0.4, 0.5) is 0 Å². The number of fused-ring (bicyclic) bond motifs is 4. The lowest BCUT2D eigenvalue weighted by molar-refractivity contribution is -0.246. The van der Waals surface area contributed by atoms with E-state index in [1.165, 1.54) is 32.1 Å². The van der Waals surface area contributed by atoms with Crippen LogP contribution in [0.15, 0.2) is 0 Å². The number of rotatable bonds is 2. The first-order valence-electron chi connectivity index (χ1n) is 9.57. The Hall–Kier alpha value is -0.160. The highest BCUT2D eigenvalue weighted by molar-refractivity contribution is 5.12. The molecule has 4 heteroatoms. The zero-order valence-electron chi connectivity index (χ0n) is 14.9. The molecule has 0 aromatic carbocycles. The van der Waals surface area contributed by atoms with Gasteiger partial charge in [-0.2, -0.15) is 0 Å². The fourth-order valence-corrected chi connectivity index (χ4v) is 7.04. The normalized spacial score (nSPS) is 51.7. The average Bonchev–Trinajstić information content (AvgIpc) is 3.15. The summed E-state index contributed by atoms with van der Waals surface area (Å²) < 4.78 is 12.4. The molecule has 0 bridgehead atoms. The van der Waals surface area contributed by atoms with Gasteiger partial charge in [0.05, 0.1) is 19.8 Å². The SMILES string of the molecule is CNC1CC[C@@H]2[C@H](CC[C@@]3(C)[C@H]2CCC32OCCO2)[C@@]1(C)CO. The summed E-state index contributed by atoms with van der Waals surface area (Å²) in [6, 6.07) is 0.437. The maximum Gasteiger partial charge on any atom is 0.174 e. The van der Waals surface area contributed by atoms with Crippen LogP contribution >= 0.6 is 0 Å². The minimum Gasteiger partial charge on any atom is -0.396 e. The van der Waals surface area contributed by atoms with E-state index in [-0.39, 0.29) is 16.6 Å². The van der Waals surface area contributed by atoms with Crippen LogP contribution in [0.2, 0.25) is 0 Å². The smallest absolute Gasteiger partial charge is 0.174 e. The van der Waals surface area contributed by atoms with E-state index in [0.717, 1.165) is 19.6 Å². The Labute approximate surface area is 140 Å².